The standard InChI is InChI=1S/C20H18ClNO2/c1-13-10-11-16(21)12-18(13)22-20(23)14(2)24-19-9-5-7-15-6-3-4-8-17(15)19/h3-12,14H,1-2H3,(H,22,23). The Morgan fingerprint density at radius 1 is 1.08 bits per heavy atom. The van der Waals surface area contributed by atoms with Gasteiger partial charge in [-0.1, -0.05) is 54.1 Å². The quantitative estimate of drug-likeness (QED) is 0.708. The monoisotopic (exact) mass is 339 g/mol. The lowest BCUT2D eigenvalue weighted by atomic mass is 10.1. The van der Waals surface area contributed by atoms with Crippen LogP contribution in [0.5, 0.6) is 5.75 Å². The number of nitrogens with one attached hydrogen (secondary N) is 1. The number of aryl methyl sites for hydroxylation is 1. The molecule has 0 aliphatic heterocycles. The average molecular weight is 340 g/mol. The van der Waals surface area contributed by atoms with Crippen LogP contribution in [-0.4, -0.2) is 12.0 Å². The summed E-state index contributed by atoms with van der Waals surface area (Å²) in [7, 11) is 0. The van der Waals surface area contributed by atoms with Crippen molar-refractivity contribution in [3.63, 3.8) is 0 Å². The van der Waals surface area contributed by atoms with Crippen molar-refractivity contribution in [3.05, 3.63) is 71.2 Å². The maximum Gasteiger partial charge on any atom is 0.265 e. The summed E-state index contributed by atoms with van der Waals surface area (Å²) in [6.07, 6.45) is -0.630. The first-order valence-electron chi connectivity index (χ1n) is 7.76. The lowest BCUT2D eigenvalue weighted by Gasteiger charge is -2.17. The number of halogens is 1. The van der Waals surface area contributed by atoms with E-state index < -0.39 is 6.10 Å². The number of fused-ring (bicyclic) bond motifs is 1. The molecule has 3 aromatic rings. The number of benzene rings is 3. The third-order valence-electron chi connectivity index (χ3n) is 3.88. The molecule has 0 aliphatic carbocycles. The van der Waals surface area contributed by atoms with Gasteiger partial charge >= 0.3 is 0 Å². The molecule has 0 saturated carbocycles. The molecular weight excluding hydrogens is 322 g/mol. The molecule has 1 N–H and O–H groups in total. The molecule has 0 spiro atoms. The number of carbonyl (C=O) groups is 1. The Hall–Kier alpha value is -2.52. The Morgan fingerprint density at radius 3 is 2.67 bits per heavy atom. The summed E-state index contributed by atoms with van der Waals surface area (Å²) >= 11 is 5.99. The Balaban J connectivity index is 1.77. The molecule has 4 heteroatoms. The Kier molecular flexibility index (Phi) is 4.72. The summed E-state index contributed by atoms with van der Waals surface area (Å²) in [4.78, 5) is 12.4. The van der Waals surface area contributed by atoms with Crippen molar-refractivity contribution in [3.8, 4) is 5.75 Å². The lowest BCUT2D eigenvalue weighted by molar-refractivity contribution is -0.122. The van der Waals surface area contributed by atoms with Gasteiger partial charge in [0.15, 0.2) is 6.10 Å². The molecule has 0 heterocycles. The highest BCUT2D eigenvalue weighted by atomic mass is 35.5. The maximum absolute atomic E-state index is 12.4. The molecule has 1 unspecified atom stereocenters. The van der Waals surface area contributed by atoms with Gasteiger partial charge in [0.1, 0.15) is 5.75 Å². The van der Waals surface area contributed by atoms with E-state index in [9.17, 15) is 4.79 Å². The number of hydrogen-bond donors (Lipinski definition) is 1. The van der Waals surface area contributed by atoms with Gasteiger partial charge in [-0.15, -0.1) is 0 Å². The zero-order valence-corrected chi connectivity index (χ0v) is 14.3. The van der Waals surface area contributed by atoms with Crippen LogP contribution in [0.25, 0.3) is 10.8 Å². The minimum Gasteiger partial charge on any atom is -0.480 e. The van der Waals surface area contributed by atoms with Gasteiger partial charge in [-0.2, -0.15) is 0 Å². The lowest BCUT2D eigenvalue weighted by Crippen LogP contribution is -2.30. The number of rotatable bonds is 4. The summed E-state index contributed by atoms with van der Waals surface area (Å²) in [5, 5.41) is 5.51. The number of hydrogen-bond acceptors (Lipinski definition) is 2. The molecular formula is C20H18ClNO2. The van der Waals surface area contributed by atoms with E-state index in [-0.39, 0.29) is 5.91 Å². The van der Waals surface area contributed by atoms with E-state index in [4.69, 9.17) is 16.3 Å². The van der Waals surface area contributed by atoms with Crippen molar-refractivity contribution in [1.82, 2.24) is 0 Å². The summed E-state index contributed by atoms with van der Waals surface area (Å²) in [6, 6.07) is 19.1. The predicted molar refractivity (Wildman–Crippen MR) is 98.9 cm³/mol. The molecule has 0 bridgehead atoms. The molecule has 0 saturated heterocycles. The van der Waals surface area contributed by atoms with E-state index in [1.54, 1.807) is 19.1 Å². The van der Waals surface area contributed by atoms with Crippen molar-refractivity contribution in [2.75, 3.05) is 5.32 Å². The molecule has 3 rings (SSSR count). The van der Waals surface area contributed by atoms with Crippen molar-refractivity contribution in [2.45, 2.75) is 20.0 Å². The van der Waals surface area contributed by atoms with Crippen molar-refractivity contribution in [1.29, 1.82) is 0 Å². The Morgan fingerprint density at radius 2 is 1.83 bits per heavy atom. The summed E-state index contributed by atoms with van der Waals surface area (Å²) in [5.41, 5.74) is 1.64. The highest BCUT2D eigenvalue weighted by Gasteiger charge is 2.17. The van der Waals surface area contributed by atoms with Crippen LogP contribution in [0.3, 0.4) is 0 Å². The second kappa shape index (κ2) is 6.93. The number of ether oxygens (including phenoxy) is 1. The fraction of sp³-hybridized carbons (Fsp3) is 0.150. The summed E-state index contributed by atoms with van der Waals surface area (Å²) in [6.45, 7) is 3.65. The zero-order chi connectivity index (χ0) is 17.1. The van der Waals surface area contributed by atoms with Gasteiger partial charge < -0.3 is 10.1 Å². The van der Waals surface area contributed by atoms with Crippen molar-refractivity contribution >= 4 is 34.0 Å². The van der Waals surface area contributed by atoms with E-state index in [0.29, 0.717) is 16.5 Å². The van der Waals surface area contributed by atoms with Gasteiger partial charge in [-0.3, -0.25) is 4.79 Å². The van der Waals surface area contributed by atoms with E-state index >= 15 is 0 Å². The van der Waals surface area contributed by atoms with Gasteiger partial charge in [-0.05, 0) is 43.0 Å². The van der Waals surface area contributed by atoms with Crippen LogP contribution in [0.15, 0.2) is 60.7 Å². The molecule has 122 valence electrons. The van der Waals surface area contributed by atoms with Crippen LogP contribution in [0.1, 0.15) is 12.5 Å². The van der Waals surface area contributed by atoms with E-state index in [1.165, 1.54) is 0 Å². The van der Waals surface area contributed by atoms with Crippen molar-refractivity contribution < 1.29 is 9.53 Å². The largest absolute Gasteiger partial charge is 0.480 e. The minimum atomic E-state index is -0.630. The minimum absolute atomic E-state index is 0.215. The van der Waals surface area contributed by atoms with Gasteiger partial charge in [0.05, 0.1) is 0 Å². The SMILES string of the molecule is Cc1ccc(Cl)cc1NC(=O)C(C)Oc1cccc2ccccc12. The molecule has 0 fully saturated rings. The van der Waals surface area contributed by atoms with E-state index in [0.717, 1.165) is 16.3 Å². The Bertz CT molecular complexity index is 886. The fourth-order valence-corrected chi connectivity index (χ4v) is 2.68. The van der Waals surface area contributed by atoms with Gasteiger partial charge in [-0.25, -0.2) is 0 Å². The fourth-order valence-electron chi connectivity index (χ4n) is 2.51. The number of amides is 1. The highest BCUT2D eigenvalue weighted by Crippen LogP contribution is 2.26. The molecule has 1 atom stereocenters. The molecule has 0 radical (unpaired) electrons. The molecule has 3 aromatic carbocycles. The maximum atomic E-state index is 12.4. The first-order chi connectivity index (χ1) is 11.5. The second-order valence-corrected chi connectivity index (χ2v) is 6.12. The number of anilines is 1. The van der Waals surface area contributed by atoms with Crippen LogP contribution < -0.4 is 10.1 Å². The van der Waals surface area contributed by atoms with Crippen molar-refractivity contribution in [2.24, 2.45) is 0 Å². The molecule has 24 heavy (non-hydrogen) atoms. The third-order valence-corrected chi connectivity index (χ3v) is 4.12. The van der Waals surface area contributed by atoms with Crippen LogP contribution >= 0.6 is 11.6 Å². The summed E-state index contributed by atoms with van der Waals surface area (Å²) < 4.78 is 5.89. The zero-order valence-electron chi connectivity index (χ0n) is 13.5. The van der Waals surface area contributed by atoms with Gasteiger partial charge in [0.25, 0.3) is 5.91 Å². The normalized spacial score (nSPS) is 12.0. The van der Waals surface area contributed by atoms with Crippen LogP contribution in [-0.2, 0) is 4.79 Å². The van der Waals surface area contributed by atoms with Gasteiger partial charge in [0, 0.05) is 16.1 Å². The molecule has 1 amide bonds. The van der Waals surface area contributed by atoms with E-state index in [2.05, 4.69) is 5.32 Å². The second-order valence-electron chi connectivity index (χ2n) is 5.69. The van der Waals surface area contributed by atoms with Crippen LogP contribution in [0.4, 0.5) is 5.69 Å². The van der Waals surface area contributed by atoms with Crippen LogP contribution in [0, 0.1) is 6.92 Å². The predicted octanol–water partition coefficient (Wildman–Crippen LogP) is 5.21. The highest BCUT2D eigenvalue weighted by molar-refractivity contribution is 6.31. The van der Waals surface area contributed by atoms with Crippen LogP contribution in [0.2, 0.25) is 5.02 Å². The molecule has 0 aliphatic rings. The first kappa shape index (κ1) is 16.3. The molecule has 3 nitrogen and oxygen atoms in total. The smallest absolute Gasteiger partial charge is 0.265 e. The first-order valence-corrected chi connectivity index (χ1v) is 8.14. The van der Waals surface area contributed by atoms with E-state index in [1.807, 2.05) is 55.5 Å². The van der Waals surface area contributed by atoms with Gasteiger partial charge in [0.2, 0.25) is 0 Å². The number of carbonyl (C=O) groups excluding carboxylic acids is 1. The average Bonchev–Trinajstić information content (AvgIpc) is 2.58. The molecule has 0 aromatic heterocycles. The summed E-state index contributed by atoms with van der Waals surface area (Å²) in [5.74, 6) is 0.479. The third kappa shape index (κ3) is 3.52. The topological polar surface area (TPSA) is 38.3 Å². The Labute approximate surface area is 146 Å².